The van der Waals surface area contributed by atoms with E-state index in [1.54, 1.807) is 12.1 Å². The summed E-state index contributed by atoms with van der Waals surface area (Å²) in [4.78, 5) is 14.4. The normalized spacial score (nSPS) is 14.7. The van der Waals surface area contributed by atoms with Gasteiger partial charge in [0, 0.05) is 49.2 Å². The van der Waals surface area contributed by atoms with E-state index >= 15 is 0 Å². The number of piperidine rings is 1. The van der Waals surface area contributed by atoms with E-state index in [0.717, 1.165) is 25.9 Å². The molecule has 1 aromatic heterocycles. The van der Waals surface area contributed by atoms with E-state index in [-0.39, 0.29) is 30.7 Å². The summed E-state index contributed by atoms with van der Waals surface area (Å²) in [7, 11) is 1.97. The number of amides is 1. The van der Waals surface area contributed by atoms with E-state index in [0.29, 0.717) is 17.2 Å². The number of nitrogens with zero attached hydrogens (tertiary/aromatic N) is 3. The van der Waals surface area contributed by atoms with Crippen LogP contribution in [-0.4, -0.2) is 33.7 Å². The third-order valence-electron chi connectivity index (χ3n) is 4.19. The van der Waals surface area contributed by atoms with Gasteiger partial charge in [-0.15, -0.1) is 24.8 Å². The predicted molar refractivity (Wildman–Crippen MR) is 96.4 cm³/mol. The number of benzene rings is 1. The van der Waals surface area contributed by atoms with Crippen molar-refractivity contribution < 1.29 is 4.79 Å². The van der Waals surface area contributed by atoms with Crippen LogP contribution in [-0.2, 0) is 7.05 Å². The number of anilines is 1. The van der Waals surface area contributed by atoms with E-state index in [2.05, 4.69) is 11.2 Å². The highest BCUT2D eigenvalue weighted by Crippen LogP contribution is 2.28. The minimum atomic E-state index is 0. The molecule has 0 saturated carbocycles. The molecular formula is C16H22Cl2N4O. The smallest absolute Gasteiger partial charge is 0.253 e. The van der Waals surface area contributed by atoms with Crippen LogP contribution < -0.4 is 5.73 Å². The van der Waals surface area contributed by atoms with E-state index in [9.17, 15) is 4.79 Å². The average molecular weight is 357 g/mol. The van der Waals surface area contributed by atoms with Crippen molar-refractivity contribution in [3.05, 3.63) is 47.8 Å². The second-order valence-electron chi connectivity index (χ2n) is 5.57. The lowest BCUT2D eigenvalue weighted by molar-refractivity contribution is 0.0711. The van der Waals surface area contributed by atoms with Crippen LogP contribution >= 0.6 is 24.8 Å². The zero-order chi connectivity index (χ0) is 14.8. The number of rotatable bonds is 2. The number of aryl methyl sites for hydroxylation is 1. The van der Waals surface area contributed by atoms with Crippen molar-refractivity contribution in [2.75, 3.05) is 18.8 Å². The first-order valence-electron chi connectivity index (χ1n) is 7.28. The van der Waals surface area contributed by atoms with Crippen LogP contribution in [0.3, 0.4) is 0 Å². The van der Waals surface area contributed by atoms with Gasteiger partial charge in [0.05, 0.1) is 0 Å². The molecule has 1 amide bonds. The van der Waals surface area contributed by atoms with Gasteiger partial charge >= 0.3 is 0 Å². The first kappa shape index (κ1) is 19.3. The molecule has 2 aromatic rings. The van der Waals surface area contributed by atoms with Gasteiger partial charge < -0.3 is 10.6 Å². The number of hydrogen-bond donors (Lipinski definition) is 1. The van der Waals surface area contributed by atoms with E-state index in [1.165, 1.54) is 5.69 Å². The molecule has 1 saturated heterocycles. The molecule has 0 aliphatic carbocycles. The fourth-order valence-electron chi connectivity index (χ4n) is 3.02. The van der Waals surface area contributed by atoms with Gasteiger partial charge in [-0.05, 0) is 37.1 Å². The standard InChI is InChI=1S/C16H20N4O.2ClH/c1-19-15(5-8-18-19)12-6-9-20(10-7-12)16(21)13-3-2-4-14(17)11-13;;/h2-5,8,11-12H,6-7,9-10,17H2,1H3;2*1H. The Morgan fingerprint density at radius 3 is 2.48 bits per heavy atom. The third-order valence-corrected chi connectivity index (χ3v) is 4.19. The Bertz CT molecular complexity index is 651. The average Bonchev–Trinajstić information content (AvgIpc) is 2.93. The van der Waals surface area contributed by atoms with Gasteiger partial charge in [0.15, 0.2) is 0 Å². The lowest BCUT2D eigenvalue weighted by Gasteiger charge is -2.32. The van der Waals surface area contributed by atoms with Crippen LogP contribution in [0.1, 0.15) is 34.8 Å². The molecule has 0 unspecified atom stereocenters. The monoisotopic (exact) mass is 356 g/mol. The van der Waals surface area contributed by atoms with Gasteiger partial charge in [0.25, 0.3) is 5.91 Å². The summed E-state index contributed by atoms with van der Waals surface area (Å²) in [5, 5.41) is 4.23. The lowest BCUT2D eigenvalue weighted by atomic mass is 9.93. The largest absolute Gasteiger partial charge is 0.399 e. The second kappa shape index (κ2) is 8.22. The van der Waals surface area contributed by atoms with Crippen molar-refractivity contribution >= 4 is 36.4 Å². The molecule has 1 aromatic carbocycles. The summed E-state index contributed by atoms with van der Waals surface area (Å²) >= 11 is 0. The number of nitrogen functional groups attached to an aromatic ring is 1. The molecule has 1 aliphatic heterocycles. The van der Waals surface area contributed by atoms with Crippen molar-refractivity contribution in [3.63, 3.8) is 0 Å². The van der Waals surface area contributed by atoms with Crippen LogP contribution in [0.4, 0.5) is 5.69 Å². The molecule has 0 spiro atoms. The Morgan fingerprint density at radius 2 is 1.91 bits per heavy atom. The predicted octanol–water partition coefficient (Wildman–Crippen LogP) is 2.87. The minimum absolute atomic E-state index is 0. The van der Waals surface area contributed by atoms with Crippen LogP contribution in [0.15, 0.2) is 36.5 Å². The fraction of sp³-hybridized carbons (Fsp3) is 0.375. The summed E-state index contributed by atoms with van der Waals surface area (Å²) in [6.45, 7) is 1.56. The molecule has 2 heterocycles. The minimum Gasteiger partial charge on any atom is -0.399 e. The molecule has 5 nitrogen and oxygen atoms in total. The van der Waals surface area contributed by atoms with Crippen LogP contribution in [0, 0.1) is 0 Å². The van der Waals surface area contributed by atoms with E-state index < -0.39 is 0 Å². The molecule has 1 aliphatic rings. The molecule has 2 N–H and O–H groups in total. The van der Waals surface area contributed by atoms with Crippen LogP contribution in [0.25, 0.3) is 0 Å². The topological polar surface area (TPSA) is 64.2 Å². The fourth-order valence-corrected chi connectivity index (χ4v) is 3.02. The summed E-state index contributed by atoms with van der Waals surface area (Å²) < 4.78 is 1.93. The molecule has 126 valence electrons. The van der Waals surface area contributed by atoms with Crippen molar-refractivity contribution in [3.8, 4) is 0 Å². The summed E-state index contributed by atoms with van der Waals surface area (Å²) in [6.07, 6.45) is 3.79. The highest BCUT2D eigenvalue weighted by molar-refractivity contribution is 5.95. The molecule has 0 radical (unpaired) electrons. The van der Waals surface area contributed by atoms with Crippen molar-refractivity contribution in [1.82, 2.24) is 14.7 Å². The zero-order valence-electron chi connectivity index (χ0n) is 13.0. The maximum absolute atomic E-state index is 12.5. The maximum Gasteiger partial charge on any atom is 0.253 e. The number of likely N-dealkylation sites (tertiary alicyclic amines) is 1. The van der Waals surface area contributed by atoms with Crippen molar-refractivity contribution in [2.24, 2.45) is 7.05 Å². The van der Waals surface area contributed by atoms with Gasteiger partial charge in [-0.3, -0.25) is 9.48 Å². The quantitative estimate of drug-likeness (QED) is 0.841. The second-order valence-corrected chi connectivity index (χ2v) is 5.57. The van der Waals surface area contributed by atoms with E-state index in [1.807, 2.05) is 35.0 Å². The van der Waals surface area contributed by atoms with Gasteiger partial charge in [0.2, 0.25) is 0 Å². The Hall–Kier alpha value is -1.72. The molecule has 23 heavy (non-hydrogen) atoms. The number of carbonyl (C=O) groups is 1. The number of halogens is 2. The SMILES string of the molecule is Cl.Cl.Cn1nccc1C1CCN(C(=O)c2cccc(N)c2)CC1. The van der Waals surface area contributed by atoms with Gasteiger partial charge in [-0.2, -0.15) is 5.10 Å². The lowest BCUT2D eigenvalue weighted by Crippen LogP contribution is -2.38. The molecular weight excluding hydrogens is 335 g/mol. The first-order valence-corrected chi connectivity index (χ1v) is 7.28. The number of carbonyl (C=O) groups excluding carboxylic acids is 1. The maximum atomic E-state index is 12.5. The van der Waals surface area contributed by atoms with Crippen LogP contribution in [0.5, 0.6) is 0 Å². The van der Waals surface area contributed by atoms with Crippen molar-refractivity contribution in [2.45, 2.75) is 18.8 Å². The Kier molecular flexibility index (Phi) is 6.91. The van der Waals surface area contributed by atoms with Gasteiger partial charge in [-0.1, -0.05) is 6.07 Å². The highest BCUT2D eigenvalue weighted by atomic mass is 35.5. The Labute approximate surface area is 148 Å². The molecule has 0 bridgehead atoms. The zero-order valence-corrected chi connectivity index (χ0v) is 14.6. The number of nitrogens with two attached hydrogens (primary N) is 1. The molecule has 0 atom stereocenters. The molecule has 7 heteroatoms. The summed E-state index contributed by atoms with van der Waals surface area (Å²) in [6, 6.07) is 9.26. The molecule has 3 rings (SSSR count). The Morgan fingerprint density at radius 1 is 1.22 bits per heavy atom. The third kappa shape index (κ3) is 4.18. The summed E-state index contributed by atoms with van der Waals surface area (Å²) in [5.41, 5.74) is 8.31. The highest BCUT2D eigenvalue weighted by Gasteiger charge is 2.25. The number of hydrogen-bond acceptors (Lipinski definition) is 3. The van der Waals surface area contributed by atoms with Gasteiger partial charge in [0.1, 0.15) is 0 Å². The van der Waals surface area contributed by atoms with Gasteiger partial charge in [-0.25, -0.2) is 0 Å². The van der Waals surface area contributed by atoms with E-state index in [4.69, 9.17) is 5.73 Å². The first-order chi connectivity index (χ1) is 10.1. The Balaban J connectivity index is 0.00000132. The summed E-state index contributed by atoms with van der Waals surface area (Å²) in [5.74, 6) is 0.563. The van der Waals surface area contributed by atoms with Crippen LogP contribution in [0.2, 0.25) is 0 Å². The van der Waals surface area contributed by atoms with Crippen molar-refractivity contribution in [1.29, 1.82) is 0 Å². The number of aromatic nitrogens is 2. The molecule has 1 fully saturated rings.